The maximum Gasteiger partial charge on any atom is 0.179 e. The Morgan fingerprint density at radius 3 is 2.84 bits per heavy atom. The second kappa shape index (κ2) is 7.89. The molecular weight excluding hydrogens is 264 g/mol. The van der Waals surface area contributed by atoms with Gasteiger partial charge in [0.25, 0.3) is 0 Å². The van der Waals surface area contributed by atoms with Crippen LogP contribution in [0.3, 0.4) is 0 Å². The molecule has 0 saturated carbocycles. The number of rotatable bonds is 8. The third kappa shape index (κ3) is 5.39. The molecule has 0 aliphatic carbocycles. The summed E-state index contributed by atoms with van der Waals surface area (Å²) < 4.78 is 29.1. The van der Waals surface area contributed by atoms with Crippen molar-refractivity contribution in [1.29, 1.82) is 5.26 Å². The molecule has 0 amide bonds. The second-order valence-electron chi connectivity index (χ2n) is 3.91. The van der Waals surface area contributed by atoms with Crippen molar-refractivity contribution in [3.05, 3.63) is 29.8 Å². The van der Waals surface area contributed by atoms with E-state index in [0.29, 0.717) is 31.9 Å². The highest BCUT2D eigenvalue weighted by atomic mass is 32.2. The van der Waals surface area contributed by atoms with Crippen LogP contribution in [0.15, 0.2) is 29.2 Å². The average Bonchev–Trinajstić information content (AvgIpc) is 2.43. The molecule has 0 bridgehead atoms. The lowest BCUT2D eigenvalue weighted by atomic mass is 10.2. The number of nitrogens with zero attached hydrogens (tertiary/aromatic N) is 1. The zero-order chi connectivity index (χ0) is 14.1. The molecule has 0 unspecified atom stereocenters. The van der Waals surface area contributed by atoms with Crippen LogP contribution < -0.4 is 5.32 Å². The number of benzene rings is 1. The molecule has 0 aliphatic rings. The van der Waals surface area contributed by atoms with E-state index < -0.39 is 9.84 Å². The summed E-state index contributed by atoms with van der Waals surface area (Å²) in [5.41, 5.74) is 0.352. The van der Waals surface area contributed by atoms with Gasteiger partial charge in [-0.15, -0.1) is 0 Å². The van der Waals surface area contributed by atoms with Gasteiger partial charge in [-0.2, -0.15) is 5.26 Å². The van der Waals surface area contributed by atoms with E-state index in [0.717, 1.165) is 0 Å². The van der Waals surface area contributed by atoms with E-state index in [4.69, 9.17) is 10.00 Å². The number of nitrogens with one attached hydrogen (secondary N) is 1. The lowest BCUT2D eigenvalue weighted by Gasteiger charge is -2.06. The normalized spacial score (nSPS) is 11.2. The molecule has 1 N–H and O–H groups in total. The van der Waals surface area contributed by atoms with Crippen LogP contribution in [-0.2, 0) is 14.6 Å². The summed E-state index contributed by atoms with van der Waals surface area (Å²) in [6.45, 7) is 4.13. The fourth-order valence-electron chi connectivity index (χ4n) is 1.50. The minimum atomic E-state index is -3.34. The predicted octanol–water partition coefficient (Wildman–Crippen LogP) is 0.958. The van der Waals surface area contributed by atoms with E-state index in [1.165, 1.54) is 12.1 Å². The van der Waals surface area contributed by atoms with Crippen LogP contribution in [0.25, 0.3) is 0 Å². The van der Waals surface area contributed by atoms with Crippen LogP contribution in [0, 0.1) is 11.3 Å². The Balaban J connectivity index is 2.49. The van der Waals surface area contributed by atoms with Crippen molar-refractivity contribution in [2.75, 3.05) is 32.1 Å². The third-order valence-corrected chi connectivity index (χ3v) is 4.21. The third-order valence-electron chi connectivity index (χ3n) is 2.50. The van der Waals surface area contributed by atoms with E-state index in [2.05, 4.69) is 5.32 Å². The largest absolute Gasteiger partial charge is 0.380 e. The molecule has 5 nitrogen and oxygen atoms in total. The molecule has 104 valence electrons. The van der Waals surface area contributed by atoms with Crippen LogP contribution in [0.4, 0.5) is 0 Å². The summed E-state index contributed by atoms with van der Waals surface area (Å²) in [6.07, 6.45) is 0. The van der Waals surface area contributed by atoms with Gasteiger partial charge in [-0.05, 0) is 25.1 Å². The molecular formula is C13H18N2O3S. The average molecular weight is 282 g/mol. The molecule has 1 rings (SSSR count). The molecule has 6 heteroatoms. The van der Waals surface area contributed by atoms with Gasteiger partial charge in [0.15, 0.2) is 9.84 Å². The van der Waals surface area contributed by atoms with Crippen molar-refractivity contribution in [1.82, 2.24) is 5.32 Å². The van der Waals surface area contributed by atoms with Crippen molar-refractivity contribution in [2.45, 2.75) is 11.8 Å². The highest BCUT2D eigenvalue weighted by Crippen LogP contribution is 2.12. The van der Waals surface area contributed by atoms with Gasteiger partial charge in [-0.25, -0.2) is 8.42 Å². The minimum Gasteiger partial charge on any atom is -0.380 e. The maximum absolute atomic E-state index is 12.0. The number of hydrogen-bond donors (Lipinski definition) is 1. The van der Waals surface area contributed by atoms with Crippen molar-refractivity contribution < 1.29 is 13.2 Å². The summed E-state index contributed by atoms with van der Waals surface area (Å²) in [7, 11) is -3.34. The van der Waals surface area contributed by atoms with Crippen molar-refractivity contribution >= 4 is 9.84 Å². The van der Waals surface area contributed by atoms with Crippen LogP contribution in [0.1, 0.15) is 12.5 Å². The van der Waals surface area contributed by atoms with Crippen LogP contribution in [-0.4, -0.2) is 40.5 Å². The van der Waals surface area contributed by atoms with E-state index in [-0.39, 0.29) is 10.6 Å². The maximum atomic E-state index is 12.0. The van der Waals surface area contributed by atoms with Gasteiger partial charge >= 0.3 is 0 Å². The Morgan fingerprint density at radius 2 is 2.16 bits per heavy atom. The number of hydrogen-bond acceptors (Lipinski definition) is 5. The lowest BCUT2D eigenvalue weighted by Crippen LogP contribution is -2.26. The van der Waals surface area contributed by atoms with E-state index in [1.54, 1.807) is 12.1 Å². The first kappa shape index (κ1) is 15.6. The van der Waals surface area contributed by atoms with Gasteiger partial charge in [0.05, 0.1) is 28.9 Å². The zero-order valence-electron chi connectivity index (χ0n) is 10.9. The summed E-state index contributed by atoms with van der Waals surface area (Å²) in [6, 6.07) is 8.00. The Hall–Kier alpha value is -1.42. The molecule has 0 radical (unpaired) electrons. The topological polar surface area (TPSA) is 79.2 Å². The first-order valence-electron chi connectivity index (χ1n) is 6.11. The van der Waals surface area contributed by atoms with E-state index in [9.17, 15) is 8.42 Å². The standard InChI is InChI=1S/C13H18N2O3S/c1-2-18-8-6-15-7-9-19(16,17)13-5-3-4-12(10-13)11-14/h3-5,10,15H,2,6-9H2,1H3. The molecule has 0 spiro atoms. The lowest BCUT2D eigenvalue weighted by molar-refractivity contribution is 0.150. The monoisotopic (exact) mass is 282 g/mol. The van der Waals surface area contributed by atoms with Gasteiger partial charge < -0.3 is 10.1 Å². The summed E-state index contributed by atoms with van der Waals surface area (Å²) in [5, 5.41) is 11.8. The molecule has 0 aromatic heterocycles. The second-order valence-corrected chi connectivity index (χ2v) is 6.01. The number of ether oxygens (including phenoxy) is 1. The Bertz CT molecular complexity index is 535. The minimum absolute atomic E-state index is 0.00794. The Morgan fingerprint density at radius 1 is 1.37 bits per heavy atom. The van der Waals surface area contributed by atoms with Gasteiger partial charge in [0, 0.05) is 19.7 Å². The SMILES string of the molecule is CCOCCNCCS(=O)(=O)c1cccc(C#N)c1. The Kier molecular flexibility index (Phi) is 6.50. The molecule has 1 aromatic rings. The molecule has 0 saturated heterocycles. The molecule has 1 aromatic carbocycles. The van der Waals surface area contributed by atoms with Gasteiger partial charge in [-0.3, -0.25) is 0 Å². The van der Waals surface area contributed by atoms with Crippen LogP contribution in [0.2, 0.25) is 0 Å². The summed E-state index contributed by atoms with van der Waals surface area (Å²) in [4.78, 5) is 0.193. The van der Waals surface area contributed by atoms with Gasteiger partial charge in [0.1, 0.15) is 0 Å². The molecule has 0 atom stereocenters. The number of nitriles is 1. The Labute approximate surface area is 114 Å². The van der Waals surface area contributed by atoms with Crippen molar-refractivity contribution in [3.8, 4) is 6.07 Å². The van der Waals surface area contributed by atoms with Gasteiger partial charge in [0.2, 0.25) is 0 Å². The fraction of sp³-hybridized carbons (Fsp3) is 0.462. The molecule has 0 fully saturated rings. The van der Waals surface area contributed by atoms with Crippen molar-refractivity contribution in [3.63, 3.8) is 0 Å². The van der Waals surface area contributed by atoms with Crippen LogP contribution >= 0.6 is 0 Å². The summed E-state index contributed by atoms with van der Waals surface area (Å²) >= 11 is 0. The highest BCUT2D eigenvalue weighted by molar-refractivity contribution is 7.91. The van der Waals surface area contributed by atoms with E-state index >= 15 is 0 Å². The summed E-state index contributed by atoms with van der Waals surface area (Å²) in [5.74, 6) is 0.00794. The molecule has 0 heterocycles. The quantitative estimate of drug-likeness (QED) is 0.718. The van der Waals surface area contributed by atoms with Crippen molar-refractivity contribution in [2.24, 2.45) is 0 Å². The van der Waals surface area contributed by atoms with Gasteiger partial charge in [-0.1, -0.05) is 6.07 Å². The highest BCUT2D eigenvalue weighted by Gasteiger charge is 2.14. The fourth-order valence-corrected chi connectivity index (χ4v) is 2.74. The molecule has 0 aliphatic heterocycles. The smallest absolute Gasteiger partial charge is 0.179 e. The predicted molar refractivity (Wildman–Crippen MR) is 72.6 cm³/mol. The zero-order valence-corrected chi connectivity index (χ0v) is 11.7. The van der Waals surface area contributed by atoms with E-state index in [1.807, 2.05) is 13.0 Å². The first-order chi connectivity index (χ1) is 9.10. The molecule has 19 heavy (non-hydrogen) atoms. The van der Waals surface area contributed by atoms with Crippen LogP contribution in [0.5, 0.6) is 0 Å². The first-order valence-corrected chi connectivity index (χ1v) is 7.76. The number of sulfone groups is 1.